The summed E-state index contributed by atoms with van der Waals surface area (Å²) >= 11 is 12.7. The average Bonchev–Trinajstić information content (AvgIpc) is 2.83. The van der Waals surface area contributed by atoms with Crippen molar-refractivity contribution in [1.82, 2.24) is 9.97 Å². The van der Waals surface area contributed by atoms with Crippen molar-refractivity contribution in [2.45, 2.75) is 46.0 Å². The van der Waals surface area contributed by atoms with Gasteiger partial charge in [0.05, 0.1) is 32.9 Å². The van der Waals surface area contributed by atoms with E-state index in [1.54, 1.807) is 6.07 Å². The standard InChI is InChI=1S/C27H28Cl2N6O/c1-27(2)9-8-18-19(12-27)22(24(31)36)26(33-10-4-7-16-5-3-6-17(11-16)13-30)35-25(18)34-23-20(28)14-32-15-21(23)29/h3,5-6,11,14-15H,4,7-10,12H2,1-2H3,(H2,31,36)(H2,32,33,34,35). The first kappa shape index (κ1) is 25.7. The average molecular weight is 523 g/mol. The molecule has 7 nitrogen and oxygen atoms in total. The number of aryl methyl sites for hydroxylation is 1. The Balaban J connectivity index is 1.66. The van der Waals surface area contributed by atoms with Crippen LogP contribution in [0.1, 0.15) is 59.3 Å². The van der Waals surface area contributed by atoms with Gasteiger partial charge < -0.3 is 16.4 Å². The van der Waals surface area contributed by atoms with Crippen molar-refractivity contribution in [2.24, 2.45) is 11.1 Å². The molecular weight excluding hydrogens is 495 g/mol. The SMILES string of the molecule is CC1(C)CCc2c(Nc3c(Cl)cncc3Cl)nc(NCCCc3cccc(C#N)c3)c(C(N)=O)c2C1. The van der Waals surface area contributed by atoms with Crippen LogP contribution in [0.4, 0.5) is 17.3 Å². The number of nitrogens with two attached hydrogens (primary N) is 1. The monoisotopic (exact) mass is 522 g/mol. The zero-order chi connectivity index (χ0) is 25.9. The van der Waals surface area contributed by atoms with Crippen molar-refractivity contribution in [3.8, 4) is 6.07 Å². The smallest absolute Gasteiger partial charge is 0.252 e. The first-order valence-electron chi connectivity index (χ1n) is 11.8. The van der Waals surface area contributed by atoms with Crippen molar-refractivity contribution in [1.29, 1.82) is 5.26 Å². The van der Waals surface area contributed by atoms with Crippen molar-refractivity contribution < 1.29 is 4.79 Å². The maximum atomic E-state index is 12.6. The highest BCUT2D eigenvalue weighted by molar-refractivity contribution is 6.39. The van der Waals surface area contributed by atoms with Gasteiger partial charge in [0.1, 0.15) is 11.6 Å². The minimum Gasteiger partial charge on any atom is -0.369 e. The largest absolute Gasteiger partial charge is 0.369 e. The number of halogens is 2. The van der Waals surface area contributed by atoms with Gasteiger partial charge in [0.15, 0.2) is 0 Å². The fourth-order valence-corrected chi connectivity index (χ4v) is 5.07. The number of rotatable bonds is 8. The maximum Gasteiger partial charge on any atom is 0.252 e. The van der Waals surface area contributed by atoms with Gasteiger partial charge in [-0.2, -0.15) is 5.26 Å². The molecule has 1 amide bonds. The van der Waals surface area contributed by atoms with Gasteiger partial charge in [-0.3, -0.25) is 9.78 Å². The van der Waals surface area contributed by atoms with Gasteiger partial charge in [-0.1, -0.05) is 49.2 Å². The summed E-state index contributed by atoms with van der Waals surface area (Å²) < 4.78 is 0. The zero-order valence-electron chi connectivity index (χ0n) is 20.3. The van der Waals surface area contributed by atoms with Crippen LogP contribution < -0.4 is 16.4 Å². The molecule has 1 aliphatic carbocycles. The highest BCUT2D eigenvalue weighted by Gasteiger charge is 2.33. The molecule has 3 aromatic rings. The van der Waals surface area contributed by atoms with E-state index >= 15 is 0 Å². The van der Waals surface area contributed by atoms with Gasteiger partial charge in [-0.25, -0.2) is 4.98 Å². The molecule has 0 aliphatic heterocycles. The van der Waals surface area contributed by atoms with Crippen LogP contribution >= 0.6 is 23.2 Å². The lowest BCUT2D eigenvalue weighted by Crippen LogP contribution is -2.29. The van der Waals surface area contributed by atoms with Crippen LogP contribution in [0.15, 0.2) is 36.7 Å². The number of benzene rings is 1. The highest BCUT2D eigenvalue weighted by Crippen LogP contribution is 2.42. The molecule has 0 spiro atoms. The Kier molecular flexibility index (Phi) is 7.67. The lowest BCUT2D eigenvalue weighted by Gasteiger charge is -2.34. The summed E-state index contributed by atoms with van der Waals surface area (Å²) in [5.41, 5.74) is 10.4. The second kappa shape index (κ2) is 10.7. The number of hydrogen-bond donors (Lipinski definition) is 3. The Bertz CT molecular complexity index is 1330. The number of hydrogen-bond acceptors (Lipinski definition) is 6. The summed E-state index contributed by atoms with van der Waals surface area (Å²) in [4.78, 5) is 21.5. The van der Waals surface area contributed by atoms with E-state index in [1.165, 1.54) is 12.4 Å². The first-order chi connectivity index (χ1) is 17.2. The number of nitrogens with zero attached hydrogens (tertiary/aromatic N) is 3. The van der Waals surface area contributed by atoms with E-state index in [-0.39, 0.29) is 5.41 Å². The van der Waals surface area contributed by atoms with Crippen molar-refractivity contribution in [3.05, 3.63) is 74.5 Å². The van der Waals surface area contributed by atoms with Crippen molar-refractivity contribution in [2.75, 3.05) is 17.2 Å². The summed E-state index contributed by atoms with van der Waals surface area (Å²) in [5.74, 6) is 0.533. The van der Waals surface area contributed by atoms with Crippen LogP contribution in [0.3, 0.4) is 0 Å². The maximum absolute atomic E-state index is 12.6. The lowest BCUT2D eigenvalue weighted by molar-refractivity contribution is 0.0999. The molecule has 4 rings (SSSR count). The normalized spacial score (nSPS) is 14.0. The minimum absolute atomic E-state index is 0.0187. The van der Waals surface area contributed by atoms with Crippen LogP contribution in [0.25, 0.3) is 0 Å². The summed E-state index contributed by atoms with van der Waals surface area (Å²) in [6.45, 7) is 4.95. The number of pyridine rings is 2. The second-order valence-electron chi connectivity index (χ2n) is 9.79. The predicted molar refractivity (Wildman–Crippen MR) is 144 cm³/mol. The highest BCUT2D eigenvalue weighted by atomic mass is 35.5. The summed E-state index contributed by atoms with van der Waals surface area (Å²) in [5, 5.41) is 16.5. The number of anilines is 3. The first-order valence-corrected chi connectivity index (χ1v) is 12.6. The number of amides is 1. The summed E-state index contributed by atoms with van der Waals surface area (Å²) in [6, 6.07) is 9.72. The van der Waals surface area contributed by atoms with E-state index in [0.29, 0.717) is 51.5 Å². The van der Waals surface area contributed by atoms with Gasteiger partial charge >= 0.3 is 0 Å². The van der Waals surface area contributed by atoms with Crippen molar-refractivity contribution >= 4 is 46.4 Å². The molecule has 4 N–H and O–H groups in total. The minimum atomic E-state index is -0.507. The van der Waals surface area contributed by atoms with E-state index in [4.69, 9.17) is 39.2 Å². The van der Waals surface area contributed by atoms with Crippen LogP contribution in [0, 0.1) is 16.7 Å². The van der Waals surface area contributed by atoms with Gasteiger partial charge in [0.2, 0.25) is 0 Å². The van der Waals surface area contributed by atoms with E-state index in [9.17, 15) is 4.79 Å². The van der Waals surface area contributed by atoms with E-state index in [0.717, 1.165) is 42.4 Å². The quantitative estimate of drug-likeness (QED) is 0.309. The third kappa shape index (κ3) is 5.72. The number of nitrogens with one attached hydrogen (secondary N) is 2. The Morgan fingerprint density at radius 2 is 1.94 bits per heavy atom. The molecule has 9 heteroatoms. The second-order valence-corrected chi connectivity index (χ2v) is 10.6. The molecule has 0 atom stereocenters. The Labute approximate surface area is 221 Å². The molecule has 2 heterocycles. The molecule has 0 fully saturated rings. The number of carbonyl (C=O) groups is 1. The third-order valence-electron chi connectivity index (χ3n) is 6.45. The predicted octanol–water partition coefficient (Wildman–Crippen LogP) is 6.06. The Morgan fingerprint density at radius 1 is 1.19 bits per heavy atom. The number of nitriles is 1. The van der Waals surface area contributed by atoms with Crippen LogP contribution in [0.2, 0.25) is 10.0 Å². The summed E-state index contributed by atoms with van der Waals surface area (Å²) in [7, 11) is 0. The molecule has 186 valence electrons. The number of carbonyl (C=O) groups excluding carboxylic acids is 1. The molecule has 0 saturated heterocycles. The third-order valence-corrected chi connectivity index (χ3v) is 7.03. The van der Waals surface area contributed by atoms with Crippen LogP contribution in [0.5, 0.6) is 0 Å². The van der Waals surface area contributed by atoms with Gasteiger partial charge in [-0.15, -0.1) is 0 Å². The molecule has 1 aliphatic rings. The molecule has 0 radical (unpaired) electrons. The van der Waals surface area contributed by atoms with Crippen LogP contribution in [-0.2, 0) is 19.3 Å². The van der Waals surface area contributed by atoms with Gasteiger partial charge in [-0.05, 0) is 66.3 Å². The zero-order valence-corrected chi connectivity index (χ0v) is 21.8. The lowest BCUT2D eigenvalue weighted by atomic mass is 9.73. The van der Waals surface area contributed by atoms with E-state index < -0.39 is 5.91 Å². The molecule has 36 heavy (non-hydrogen) atoms. The van der Waals surface area contributed by atoms with E-state index in [1.807, 2.05) is 18.2 Å². The van der Waals surface area contributed by atoms with E-state index in [2.05, 4.69) is 35.5 Å². The number of aromatic nitrogens is 2. The molecule has 1 aromatic carbocycles. The number of fused-ring (bicyclic) bond motifs is 1. The summed E-state index contributed by atoms with van der Waals surface area (Å²) in [6.07, 6.45) is 6.98. The number of primary amides is 1. The fraction of sp³-hybridized carbons (Fsp3) is 0.333. The van der Waals surface area contributed by atoms with Crippen LogP contribution in [-0.4, -0.2) is 22.4 Å². The Hall–Kier alpha value is -3.34. The molecule has 0 unspecified atom stereocenters. The van der Waals surface area contributed by atoms with Crippen molar-refractivity contribution in [3.63, 3.8) is 0 Å². The molecule has 2 aromatic heterocycles. The molecule has 0 bridgehead atoms. The molecular formula is C27H28Cl2N6O. The fourth-order valence-electron chi connectivity index (χ4n) is 4.61. The van der Waals surface area contributed by atoms with Gasteiger partial charge in [0, 0.05) is 18.9 Å². The topological polar surface area (TPSA) is 117 Å². The Morgan fingerprint density at radius 3 is 2.64 bits per heavy atom. The van der Waals surface area contributed by atoms with Gasteiger partial charge in [0.25, 0.3) is 5.91 Å². The molecule has 0 saturated carbocycles.